The molecule has 0 saturated carbocycles. The van der Waals surface area contributed by atoms with Gasteiger partial charge >= 0.3 is 0 Å². The molecule has 1 aliphatic heterocycles. The summed E-state index contributed by atoms with van der Waals surface area (Å²) in [5.74, 6) is 0.765. The summed E-state index contributed by atoms with van der Waals surface area (Å²) in [5.41, 5.74) is 2.63. The Morgan fingerprint density at radius 3 is 2.71 bits per heavy atom. The number of hydrogen-bond donors (Lipinski definition) is 0. The van der Waals surface area contributed by atoms with E-state index in [4.69, 9.17) is 32.7 Å². The Kier molecular flexibility index (Phi) is 5.61. The molecule has 0 N–H and O–H groups in total. The van der Waals surface area contributed by atoms with Gasteiger partial charge in [-0.3, -0.25) is 4.99 Å². The van der Waals surface area contributed by atoms with E-state index in [1.807, 2.05) is 24.3 Å². The topological polar surface area (TPSA) is 34.1 Å². The number of nitrogens with zero attached hydrogens (tertiary/aromatic N) is 2. The summed E-state index contributed by atoms with van der Waals surface area (Å²) >= 11 is 12.2. The number of benzene rings is 2. The van der Waals surface area contributed by atoms with E-state index >= 15 is 0 Å². The Morgan fingerprint density at radius 1 is 1.17 bits per heavy atom. The molecule has 6 heteroatoms. The van der Waals surface area contributed by atoms with Crippen molar-refractivity contribution in [2.24, 2.45) is 4.99 Å². The standard InChI is InChI=1S/C18H18Cl2N2O2/c1-23-17-11-14(22-7-9-24-10-8-22)6-5-13(17)12-21-16-4-2-3-15(19)18(16)20/h2-6,11-12H,7-10H2,1H3. The van der Waals surface area contributed by atoms with E-state index < -0.39 is 0 Å². The average Bonchev–Trinajstić information content (AvgIpc) is 2.63. The van der Waals surface area contributed by atoms with Gasteiger partial charge in [0.25, 0.3) is 0 Å². The van der Waals surface area contributed by atoms with Gasteiger partial charge in [0.1, 0.15) is 5.75 Å². The minimum absolute atomic E-state index is 0.444. The van der Waals surface area contributed by atoms with Crippen LogP contribution in [0.2, 0.25) is 10.0 Å². The zero-order valence-electron chi connectivity index (χ0n) is 13.3. The molecule has 1 aliphatic rings. The molecule has 1 saturated heterocycles. The maximum absolute atomic E-state index is 6.16. The molecule has 24 heavy (non-hydrogen) atoms. The second kappa shape index (κ2) is 7.88. The van der Waals surface area contributed by atoms with Crippen molar-refractivity contribution < 1.29 is 9.47 Å². The Labute approximate surface area is 151 Å². The lowest BCUT2D eigenvalue weighted by Crippen LogP contribution is -2.36. The van der Waals surface area contributed by atoms with Gasteiger partial charge in [0.05, 0.1) is 36.1 Å². The maximum Gasteiger partial charge on any atom is 0.129 e. The highest BCUT2D eigenvalue weighted by molar-refractivity contribution is 6.43. The first-order valence-electron chi connectivity index (χ1n) is 7.68. The summed E-state index contributed by atoms with van der Waals surface area (Å²) in [6.07, 6.45) is 1.74. The van der Waals surface area contributed by atoms with Crippen LogP contribution in [0.1, 0.15) is 5.56 Å². The van der Waals surface area contributed by atoms with E-state index in [1.165, 1.54) is 0 Å². The number of morpholine rings is 1. The van der Waals surface area contributed by atoms with Crippen LogP contribution < -0.4 is 9.64 Å². The van der Waals surface area contributed by atoms with Crippen molar-refractivity contribution in [2.75, 3.05) is 38.3 Å². The highest BCUT2D eigenvalue weighted by Crippen LogP contribution is 2.32. The quantitative estimate of drug-likeness (QED) is 0.744. The molecule has 4 nitrogen and oxygen atoms in total. The van der Waals surface area contributed by atoms with E-state index in [0.717, 1.165) is 43.3 Å². The van der Waals surface area contributed by atoms with Gasteiger partial charge in [-0.15, -0.1) is 0 Å². The Hall–Kier alpha value is -1.75. The smallest absolute Gasteiger partial charge is 0.129 e. The normalized spacial score (nSPS) is 15.0. The van der Waals surface area contributed by atoms with E-state index in [0.29, 0.717) is 15.7 Å². The highest BCUT2D eigenvalue weighted by Gasteiger charge is 2.13. The number of ether oxygens (including phenoxy) is 2. The number of aliphatic imine (C=N–C) groups is 1. The molecule has 2 aromatic carbocycles. The van der Waals surface area contributed by atoms with Crippen molar-refractivity contribution in [1.82, 2.24) is 0 Å². The van der Waals surface area contributed by atoms with Crippen molar-refractivity contribution in [1.29, 1.82) is 0 Å². The van der Waals surface area contributed by atoms with E-state index in [2.05, 4.69) is 16.0 Å². The average molecular weight is 365 g/mol. The third-order valence-corrected chi connectivity index (χ3v) is 4.68. The van der Waals surface area contributed by atoms with Crippen LogP contribution in [-0.2, 0) is 4.74 Å². The van der Waals surface area contributed by atoms with Gasteiger partial charge in [0.15, 0.2) is 0 Å². The predicted molar refractivity (Wildman–Crippen MR) is 99.7 cm³/mol. The van der Waals surface area contributed by atoms with Crippen molar-refractivity contribution in [3.8, 4) is 5.75 Å². The molecular weight excluding hydrogens is 347 g/mol. The minimum atomic E-state index is 0.444. The van der Waals surface area contributed by atoms with Crippen LogP contribution in [0.5, 0.6) is 5.75 Å². The molecule has 0 radical (unpaired) electrons. The molecule has 0 spiro atoms. The van der Waals surface area contributed by atoms with Crippen LogP contribution in [0.3, 0.4) is 0 Å². The molecule has 0 aliphatic carbocycles. The van der Waals surface area contributed by atoms with Crippen LogP contribution in [-0.4, -0.2) is 39.6 Å². The molecule has 1 fully saturated rings. The molecule has 0 aromatic heterocycles. The van der Waals surface area contributed by atoms with Crippen LogP contribution in [0.15, 0.2) is 41.4 Å². The van der Waals surface area contributed by atoms with Crippen molar-refractivity contribution in [3.63, 3.8) is 0 Å². The van der Waals surface area contributed by atoms with Crippen LogP contribution in [0.4, 0.5) is 11.4 Å². The number of halogens is 2. The molecule has 2 aromatic rings. The summed E-state index contributed by atoms with van der Waals surface area (Å²) in [4.78, 5) is 6.71. The molecule has 0 bridgehead atoms. The monoisotopic (exact) mass is 364 g/mol. The molecule has 3 rings (SSSR count). The highest BCUT2D eigenvalue weighted by atomic mass is 35.5. The zero-order chi connectivity index (χ0) is 16.9. The first-order valence-corrected chi connectivity index (χ1v) is 8.43. The molecular formula is C18H18Cl2N2O2. The van der Waals surface area contributed by atoms with Crippen LogP contribution in [0, 0.1) is 0 Å². The SMILES string of the molecule is COc1cc(N2CCOCC2)ccc1C=Nc1cccc(Cl)c1Cl. The Morgan fingerprint density at radius 2 is 1.96 bits per heavy atom. The lowest BCUT2D eigenvalue weighted by Gasteiger charge is -2.29. The molecule has 126 valence electrons. The van der Waals surface area contributed by atoms with E-state index in [-0.39, 0.29) is 0 Å². The van der Waals surface area contributed by atoms with Gasteiger partial charge in [-0.05, 0) is 24.3 Å². The lowest BCUT2D eigenvalue weighted by atomic mass is 10.1. The second-order valence-corrected chi connectivity index (χ2v) is 6.14. The number of hydrogen-bond acceptors (Lipinski definition) is 4. The third-order valence-electron chi connectivity index (χ3n) is 3.87. The molecule has 0 unspecified atom stereocenters. The zero-order valence-corrected chi connectivity index (χ0v) is 14.8. The molecule has 0 amide bonds. The third kappa shape index (κ3) is 3.83. The Balaban J connectivity index is 1.85. The minimum Gasteiger partial charge on any atom is -0.496 e. The first kappa shape index (κ1) is 17.1. The van der Waals surface area contributed by atoms with Crippen molar-refractivity contribution in [2.45, 2.75) is 0 Å². The fourth-order valence-electron chi connectivity index (χ4n) is 2.56. The summed E-state index contributed by atoms with van der Waals surface area (Å²) in [7, 11) is 1.65. The van der Waals surface area contributed by atoms with Crippen molar-refractivity contribution >= 4 is 40.8 Å². The van der Waals surface area contributed by atoms with Gasteiger partial charge in [0, 0.05) is 36.6 Å². The number of anilines is 1. The number of methoxy groups -OCH3 is 1. The largest absolute Gasteiger partial charge is 0.496 e. The van der Waals surface area contributed by atoms with Gasteiger partial charge < -0.3 is 14.4 Å². The van der Waals surface area contributed by atoms with Crippen molar-refractivity contribution in [3.05, 3.63) is 52.0 Å². The van der Waals surface area contributed by atoms with Gasteiger partial charge in [-0.2, -0.15) is 0 Å². The van der Waals surface area contributed by atoms with E-state index in [9.17, 15) is 0 Å². The fourth-order valence-corrected chi connectivity index (χ4v) is 2.90. The van der Waals surface area contributed by atoms with Gasteiger partial charge in [-0.25, -0.2) is 0 Å². The molecule has 0 atom stereocenters. The van der Waals surface area contributed by atoms with Crippen LogP contribution in [0.25, 0.3) is 0 Å². The molecule has 1 heterocycles. The maximum atomic E-state index is 6.16. The Bertz CT molecular complexity index is 744. The van der Waals surface area contributed by atoms with E-state index in [1.54, 1.807) is 19.4 Å². The van der Waals surface area contributed by atoms with Crippen LogP contribution >= 0.6 is 23.2 Å². The van der Waals surface area contributed by atoms with Gasteiger partial charge in [0.2, 0.25) is 0 Å². The lowest BCUT2D eigenvalue weighted by molar-refractivity contribution is 0.122. The number of rotatable bonds is 4. The van der Waals surface area contributed by atoms with Gasteiger partial charge in [-0.1, -0.05) is 29.3 Å². The summed E-state index contributed by atoms with van der Waals surface area (Å²) < 4.78 is 10.9. The summed E-state index contributed by atoms with van der Waals surface area (Å²) in [6.45, 7) is 3.26. The fraction of sp³-hybridized carbons (Fsp3) is 0.278. The first-order chi connectivity index (χ1) is 11.7. The summed E-state index contributed by atoms with van der Waals surface area (Å²) in [5, 5.41) is 0.931. The second-order valence-electron chi connectivity index (χ2n) is 5.36. The summed E-state index contributed by atoms with van der Waals surface area (Å²) in [6, 6.07) is 11.5. The predicted octanol–water partition coefficient (Wildman–Crippen LogP) is 4.59.